The van der Waals surface area contributed by atoms with Crippen molar-refractivity contribution in [1.82, 2.24) is 9.80 Å². The van der Waals surface area contributed by atoms with Gasteiger partial charge in [0.1, 0.15) is 6.61 Å². The Morgan fingerprint density at radius 1 is 0.935 bits per heavy atom. The van der Waals surface area contributed by atoms with Gasteiger partial charge in [-0.15, -0.1) is 0 Å². The van der Waals surface area contributed by atoms with E-state index in [1.54, 1.807) is 42.5 Å². The standard InChI is InChI=1S/C24H24N2O5/c1-16-4-9-19-20(14-16)24(30)26(23(19)29)13-10-21(27)31-15-17-5-7-18(8-6-17)22(28)25-11-2-3-12-25/h4-9,14H,2-3,10-13,15H2,1H3. The Labute approximate surface area is 180 Å². The van der Waals surface area contributed by atoms with Crippen LogP contribution in [-0.4, -0.2) is 53.1 Å². The number of aryl methyl sites for hydroxylation is 1. The second kappa shape index (κ2) is 8.71. The van der Waals surface area contributed by atoms with Crippen LogP contribution in [0.1, 0.15) is 61.5 Å². The minimum atomic E-state index is -0.495. The summed E-state index contributed by atoms with van der Waals surface area (Å²) in [6.45, 7) is 3.49. The number of esters is 1. The molecule has 31 heavy (non-hydrogen) atoms. The minimum Gasteiger partial charge on any atom is -0.461 e. The molecule has 0 spiro atoms. The third kappa shape index (κ3) is 4.35. The van der Waals surface area contributed by atoms with Gasteiger partial charge in [-0.05, 0) is 49.6 Å². The fourth-order valence-corrected chi connectivity index (χ4v) is 3.89. The molecule has 1 saturated heterocycles. The second-order valence-electron chi connectivity index (χ2n) is 7.92. The number of ether oxygens (including phenoxy) is 1. The molecular weight excluding hydrogens is 396 g/mol. The summed E-state index contributed by atoms with van der Waals surface area (Å²) in [5.41, 5.74) is 3.03. The summed E-state index contributed by atoms with van der Waals surface area (Å²) in [7, 11) is 0. The van der Waals surface area contributed by atoms with E-state index >= 15 is 0 Å². The fourth-order valence-electron chi connectivity index (χ4n) is 3.89. The van der Waals surface area contributed by atoms with Crippen LogP contribution in [0.25, 0.3) is 0 Å². The predicted molar refractivity (Wildman–Crippen MR) is 113 cm³/mol. The van der Waals surface area contributed by atoms with Crippen molar-refractivity contribution in [2.75, 3.05) is 19.6 Å². The number of carbonyl (C=O) groups is 4. The molecule has 7 nitrogen and oxygen atoms in total. The van der Waals surface area contributed by atoms with Crippen molar-refractivity contribution >= 4 is 23.7 Å². The number of rotatable bonds is 6. The average Bonchev–Trinajstić information content (AvgIpc) is 3.39. The maximum Gasteiger partial charge on any atom is 0.307 e. The van der Waals surface area contributed by atoms with Crippen LogP contribution < -0.4 is 0 Å². The summed E-state index contributed by atoms with van der Waals surface area (Å²) in [6.07, 6.45) is 2.01. The Balaban J connectivity index is 1.27. The van der Waals surface area contributed by atoms with E-state index in [2.05, 4.69) is 0 Å². The van der Waals surface area contributed by atoms with Gasteiger partial charge in [0.15, 0.2) is 0 Å². The largest absolute Gasteiger partial charge is 0.461 e. The first-order valence-electron chi connectivity index (χ1n) is 10.4. The quantitative estimate of drug-likeness (QED) is 0.530. The highest BCUT2D eigenvalue weighted by Crippen LogP contribution is 2.24. The Morgan fingerprint density at radius 2 is 1.61 bits per heavy atom. The molecule has 0 saturated carbocycles. The molecule has 1 fully saturated rings. The van der Waals surface area contributed by atoms with Gasteiger partial charge in [0.2, 0.25) is 0 Å². The molecule has 0 radical (unpaired) electrons. The van der Waals surface area contributed by atoms with Gasteiger partial charge in [0.25, 0.3) is 17.7 Å². The molecule has 2 aliphatic rings. The van der Waals surface area contributed by atoms with Crippen molar-refractivity contribution in [2.24, 2.45) is 0 Å². The molecule has 2 aromatic rings. The predicted octanol–water partition coefficient (Wildman–Crippen LogP) is 2.96. The van der Waals surface area contributed by atoms with Crippen molar-refractivity contribution < 1.29 is 23.9 Å². The van der Waals surface area contributed by atoms with Gasteiger partial charge in [-0.3, -0.25) is 24.1 Å². The number of nitrogens with zero attached hydrogens (tertiary/aromatic N) is 2. The zero-order valence-corrected chi connectivity index (χ0v) is 17.4. The number of hydrogen-bond acceptors (Lipinski definition) is 5. The van der Waals surface area contributed by atoms with Gasteiger partial charge in [0.05, 0.1) is 17.5 Å². The summed E-state index contributed by atoms with van der Waals surface area (Å²) in [5, 5.41) is 0. The highest BCUT2D eigenvalue weighted by Gasteiger charge is 2.35. The van der Waals surface area contributed by atoms with Crippen LogP contribution in [0.5, 0.6) is 0 Å². The van der Waals surface area contributed by atoms with Crippen LogP contribution >= 0.6 is 0 Å². The molecule has 0 bridgehead atoms. The molecule has 4 rings (SSSR count). The van der Waals surface area contributed by atoms with Gasteiger partial charge in [-0.2, -0.15) is 0 Å². The van der Waals surface area contributed by atoms with Gasteiger partial charge in [0, 0.05) is 25.2 Å². The number of likely N-dealkylation sites (tertiary alicyclic amines) is 1. The van der Waals surface area contributed by atoms with Gasteiger partial charge in [-0.25, -0.2) is 0 Å². The number of amides is 3. The van der Waals surface area contributed by atoms with Crippen LogP contribution in [0, 0.1) is 6.92 Å². The van der Waals surface area contributed by atoms with Gasteiger partial charge < -0.3 is 9.64 Å². The summed E-state index contributed by atoms with van der Waals surface area (Å²) < 4.78 is 5.27. The fraction of sp³-hybridized carbons (Fsp3) is 0.333. The second-order valence-corrected chi connectivity index (χ2v) is 7.92. The first-order valence-corrected chi connectivity index (χ1v) is 10.4. The van der Waals surface area contributed by atoms with E-state index in [4.69, 9.17) is 4.74 Å². The third-order valence-electron chi connectivity index (χ3n) is 5.66. The van der Waals surface area contributed by atoms with E-state index in [0.29, 0.717) is 16.7 Å². The van der Waals surface area contributed by atoms with Gasteiger partial charge >= 0.3 is 5.97 Å². The zero-order chi connectivity index (χ0) is 22.0. The Bertz CT molecular complexity index is 1040. The molecule has 2 heterocycles. The van der Waals surface area contributed by atoms with E-state index < -0.39 is 5.97 Å². The lowest BCUT2D eigenvalue weighted by Crippen LogP contribution is -2.32. The van der Waals surface area contributed by atoms with Crippen molar-refractivity contribution in [3.05, 3.63) is 70.3 Å². The van der Waals surface area contributed by atoms with Crippen LogP contribution in [0.2, 0.25) is 0 Å². The highest BCUT2D eigenvalue weighted by molar-refractivity contribution is 6.21. The number of hydrogen-bond donors (Lipinski definition) is 0. The van der Waals surface area contributed by atoms with E-state index in [1.807, 2.05) is 11.8 Å². The molecule has 0 aliphatic carbocycles. The van der Waals surface area contributed by atoms with E-state index in [-0.39, 0.29) is 37.3 Å². The number of benzene rings is 2. The molecule has 2 aromatic carbocycles. The van der Waals surface area contributed by atoms with E-state index in [0.717, 1.165) is 42.0 Å². The SMILES string of the molecule is Cc1ccc2c(c1)C(=O)N(CCC(=O)OCc1ccc(C(=O)N3CCCC3)cc1)C2=O. The lowest BCUT2D eigenvalue weighted by molar-refractivity contribution is -0.145. The van der Waals surface area contributed by atoms with Crippen LogP contribution in [-0.2, 0) is 16.1 Å². The van der Waals surface area contributed by atoms with Crippen LogP contribution in [0.3, 0.4) is 0 Å². The minimum absolute atomic E-state index is 0.0203. The Morgan fingerprint density at radius 3 is 2.32 bits per heavy atom. The first-order chi connectivity index (χ1) is 14.9. The maximum atomic E-state index is 12.5. The normalized spacial score (nSPS) is 15.4. The molecular formula is C24H24N2O5. The molecule has 2 aliphatic heterocycles. The van der Waals surface area contributed by atoms with E-state index in [9.17, 15) is 19.2 Å². The molecule has 160 valence electrons. The molecule has 7 heteroatoms. The number of carbonyl (C=O) groups excluding carboxylic acids is 4. The number of imide groups is 1. The number of fused-ring (bicyclic) bond motifs is 1. The summed E-state index contributed by atoms with van der Waals surface area (Å²) in [4.78, 5) is 52.3. The lowest BCUT2D eigenvalue weighted by Gasteiger charge is -2.15. The smallest absolute Gasteiger partial charge is 0.307 e. The molecule has 0 N–H and O–H groups in total. The highest BCUT2D eigenvalue weighted by atomic mass is 16.5. The zero-order valence-electron chi connectivity index (χ0n) is 17.4. The van der Waals surface area contributed by atoms with Crippen LogP contribution in [0.15, 0.2) is 42.5 Å². The monoisotopic (exact) mass is 420 g/mol. The van der Waals surface area contributed by atoms with Crippen molar-refractivity contribution in [1.29, 1.82) is 0 Å². The maximum absolute atomic E-state index is 12.5. The lowest BCUT2D eigenvalue weighted by atomic mass is 10.1. The molecule has 0 aromatic heterocycles. The summed E-state index contributed by atoms with van der Waals surface area (Å²) in [6, 6.07) is 12.1. The van der Waals surface area contributed by atoms with Crippen molar-refractivity contribution in [3.63, 3.8) is 0 Å². The average molecular weight is 420 g/mol. The molecule has 0 atom stereocenters. The first kappa shape index (κ1) is 20.8. The molecule has 0 unspecified atom stereocenters. The van der Waals surface area contributed by atoms with Crippen molar-refractivity contribution in [3.8, 4) is 0 Å². The van der Waals surface area contributed by atoms with Crippen molar-refractivity contribution in [2.45, 2.75) is 32.8 Å². The summed E-state index contributed by atoms with van der Waals surface area (Å²) in [5.74, 6) is -1.23. The third-order valence-corrected chi connectivity index (χ3v) is 5.66. The Kier molecular flexibility index (Phi) is 5.84. The summed E-state index contributed by atoms with van der Waals surface area (Å²) >= 11 is 0. The van der Waals surface area contributed by atoms with Crippen LogP contribution in [0.4, 0.5) is 0 Å². The topological polar surface area (TPSA) is 84.0 Å². The Hall–Kier alpha value is -3.48. The molecule has 3 amide bonds. The van der Waals surface area contributed by atoms with Gasteiger partial charge in [-0.1, -0.05) is 23.8 Å². The van der Waals surface area contributed by atoms with E-state index in [1.165, 1.54) is 0 Å².